The molecule has 0 saturated heterocycles. The molecule has 0 bridgehead atoms. The maximum atomic E-state index is 5.55. The quantitative estimate of drug-likeness (QED) is 0.448. The minimum atomic E-state index is 0. The smallest absolute Gasteiger partial charge is 0.214 e. The van der Waals surface area contributed by atoms with Gasteiger partial charge in [-0.25, -0.2) is 9.98 Å². The molecule has 0 aliphatic carbocycles. The van der Waals surface area contributed by atoms with Gasteiger partial charge in [0, 0.05) is 6.54 Å². The van der Waals surface area contributed by atoms with Crippen molar-refractivity contribution < 1.29 is 4.42 Å². The maximum absolute atomic E-state index is 5.55. The number of halogens is 1. The molecule has 2 N–H and O–H groups in total. The summed E-state index contributed by atoms with van der Waals surface area (Å²) in [6.45, 7) is 7.87. The molecule has 0 aliphatic heterocycles. The highest BCUT2D eigenvalue weighted by molar-refractivity contribution is 14.0. The van der Waals surface area contributed by atoms with Crippen LogP contribution in [0.2, 0.25) is 0 Å². The first-order valence-electron chi connectivity index (χ1n) is 7.18. The Balaban J connectivity index is 0.00000242. The Hall–Kier alpha value is -1.57. The summed E-state index contributed by atoms with van der Waals surface area (Å²) in [6, 6.07) is 10.2. The third-order valence-corrected chi connectivity index (χ3v) is 3.09. The predicted molar refractivity (Wildman–Crippen MR) is 99.5 cm³/mol. The molecule has 2 rings (SSSR count). The van der Waals surface area contributed by atoms with E-state index in [1.165, 1.54) is 5.56 Å². The van der Waals surface area contributed by atoms with Gasteiger partial charge in [0.05, 0.1) is 18.8 Å². The minimum absolute atomic E-state index is 0. The maximum Gasteiger partial charge on any atom is 0.214 e. The van der Waals surface area contributed by atoms with Crippen molar-refractivity contribution in [3.63, 3.8) is 0 Å². The molecule has 120 valence electrons. The fraction of sp³-hybridized carbons (Fsp3) is 0.375. The van der Waals surface area contributed by atoms with Crippen LogP contribution < -0.4 is 10.6 Å². The molecule has 1 aromatic heterocycles. The first-order valence-corrected chi connectivity index (χ1v) is 7.18. The highest BCUT2D eigenvalue weighted by Gasteiger charge is 2.06. The van der Waals surface area contributed by atoms with Gasteiger partial charge in [-0.15, -0.1) is 24.0 Å². The van der Waals surface area contributed by atoms with Crippen molar-refractivity contribution in [3.8, 4) is 0 Å². The molecule has 0 unspecified atom stereocenters. The van der Waals surface area contributed by atoms with Gasteiger partial charge in [-0.05, 0) is 26.3 Å². The molecule has 0 fully saturated rings. The number of aryl methyl sites for hydroxylation is 2. The molecule has 1 aromatic carbocycles. The topological polar surface area (TPSA) is 62.5 Å². The van der Waals surface area contributed by atoms with Crippen molar-refractivity contribution in [2.45, 2.75) is 33.9 Å². The Morgan fingerprint density at radius 1 is 1.18 bits per heavy atom. The molecule has 6 heteroatoms. The summed E-state index contributed by atoms with van der Waals surface area (Å²) < 4.78 is 5.55. The first kappa shape index (κ1) is 18.5. The van der Waals surface area contributed by atoms with Crippen LogP contribution in [-0.2, 0) is 13.1 Å². The Bertz CT molecular complexity index is 576. The zero-order valence-corrected chi connectivity index (χ0v) is 15.5. The Morgan fingerprint density at radius 3 is 2.50 bits per heavy atom. The summed E-state index contributed by atoms with van der Waals surface area (Å²) in [5.74, 6) is 2.29. The molecule has 2 aromatic rings. The average molecular weight is 414 g/mol. The molecule has 0 spiro atoms. The largest absolute Gasteiger partial charge is 0.444 e. The van der Waals surface area contributed by atoms with Crippen molar-refractivity contribution in [1.82, 2.24) is 15.6 Å². The van der Waals surface area contributed by atoms with Crippen LogP contribution in [0.15, 0.2) is 39.7 Å². The van der Waals surface area contributed by atoms with Crippen LogP contribution in [0.25, 0.3) is 0 Å². The number of aromatic nitrogens is 1. The van der Waals surface area contributed by atoms with E-state index >= 15 is 0 Å². The lowest BCUT2D eigenvalue weighted by Crippen LogP contribution is -2.36. The average Bonchev–Trinajstić information content (AvgIpc) is 2.82. The molecular formula is C16H23IN4O. The SMILES string of the molecule is CCNC(=NCc1ccccc1)NCc1nc(C)c(C)o1.I. The number of hydrogen-bond acceptors (Lipinski definition) is 3. The van der Waals surface area contributed by atoms with Crippen molar-refractivity contribution in [2.75, 3.05) is 6.54 Å². The van der Waals surface area contributed by atoms with E-state index in [9.17, 15) is 0 Å². The first-order chi connectivity index (χ1) is 10.2. The van der Waals surface area contributed by atoms with Crippen LogP contribution in [0, 0.1) is 13.8 Å². The van der Waals surface area contributed by atoms with Crippen LogP contribution in [0.3, 0.4) is 0 Å². The van der Waals surface area contributed by atoms with Crippen molar-refractivity contribution >= 4 is 29.9 Å². The Kier molecular flexibility index (Phi) is 7.94. The van der Waals surface area contributed by atoms with Crippen LogP contribution in [-0.4, -0.2) is 17.5 Å². The van der Waals surface area contributed by atoms with Gasteiger partial charge in [0.25, 0.3) is 0 Å². The summed E-state index contributed by atoms with van der Waals surface area (Å²) in [4.78, 5) is 8.90. The summed E-state index contributed by atoms with van der Waals surface area (Å²) in [7, 11) is 0. The highest BCUT2D eigenvalue weighted by atomic mass is 127. The van der Waals surface area contributed by atoms with E-state index in [0.29, 0.717) is 19.0 Å². The molecule has 0 atom stereocenters. The van der Waals surface area contributed by atoms with Crippen LogP contribution in [0.4, 0.5) is 0 Å². The van der Waals surface area contributed by atoms with E-state index < -0.39 is 0 Å². The normalized spacial score (nSPS) is 11.0. The summed E-state index contributed by atoms with van der Waals surface area (Å²) in [5, 5.41) is 6.44. The molecule has 1 heterocycles. The lowest BCUT2D eigenvalue weighted by Gasteiger charge is -2.09. The van der Waals surface area contributed by atoms with Gasteiger partial charge in [-0.1, -0.05) is 30.3 Å². The predicted octanol–water partition coefficient (Wildman–Crippen LogP) is 3.16. The zero-order chi connectivity index (χ0) is 15.1. The van der Waals surface area contributed by atoms with E-state index in [0.717, 1.165) is 24.0 Å². The molecule has 0 radical (unpaired) electrons. The molecular weight excluding hydrogens is 391 g/mol. The van der Waals surface area contributed by atoms with Crippen LogP contribution in [0.5, 0.6) is 0 Å². The van der Waals surface area contributed by atoms with E-state index in [4.69, 9.17) is 4.42 Å². The lowest BCUT2D eigenvalue weighted by atomic mass is 10.2. The Morgan fingerprint density at radius 2 is 1.91 bits per heavy atom. The molecule has 0 amide bonds. The van der Waals surface area contributed by atoms with Gasteiger partial charge in [0.2, 0.25) is 5.89 Å². The summed E-state index contributed by atoms with van der Waals surface area (Å²) >= 11 is 0. The monoisotopic (exact) mass is 414 g/mol. The van der Waals surface area contributed by atoms with Gasteiger partial charge < -0.3 is 15.1 Å². The number of guanidine groups is 1. The van der Waals surface area contributed by atoms with E-state index in [2.05, 4.69) is 32.7 Å². The van der Waals surface area contributed by atoms with Gasteiger partial charge in [0.15, 0.2) is 5.96 Å². The number of oxazole rings is 1. The van der Waals surface area contributed by atoms with Gasteiger partial charge in [0.1, 0.15) is 5.76 Å². The second kappa shape index (κ2) is 9.45. The second-order valence-electron chi connectivity index (χ2n) is 4.78. The fourth-order valence-electron chi connectivity index (χ4n) is 1.87. The third kappa shape index (κ3) is 5.67. The molecule has 5 nitrogen and oxygen atoms in total. The van der Waals surface area contributed by atoms with E-state index in [1.807, 2.05) is 39.0 Å². The second-order valence-corrected chi connectivity index (χ2v) is 4.78. The number of aliphatic imine (C=N–C) groups is 1. The van der Waals surface area contributed by atoms with Gasteiger partial charge >= 0.3 is 0 Å². The number of rotatable bonds is 5. The highest BCUT2D eigenvalue weighted by Crippen LogP contribution is 2.07. The molecule has 22 heavy (non-hydrogen) atoms. The zero-order valence-electron chi connectivity index (χ0n) is 13.2. The summed E-state index contributed by atoms with van der Waals surface area (Å²) in [6.07, 6.45) is 0. The van der Waals surface area contributed by atoms with Crippen LogP contribution >= 0.6 is 24.0 Å². The van der Waals surface area contributed by atoms with Gasteiger partial charge in [-0.3, -0.25) is 0 Å². The van der Waals surface area contributed by atoms with E-state index in [1.54, 1.807) is 0 Å². The fourth-order valence-corrected chi connectivity index (χ4v) is 1.87. The number of nitrogens with one attached hydrogen (secondary N) is 2. The van der Waals surface area contributed by atoms with Crippen molar-refractivity contribution in [1.29, 1.82) is 0 Å². The van der Waals surface area contributed by atoms with Gasteiger partial charge in [-0.2, -0.15) is 0 Å². The third-order valence-electron chi connectivity index (χ3n) is 3.09. The lowest BCUT2D eigenvalue weighted by molar-refractivity contribution is 0.463. The minimum Gasteiger partial charge on any atom is -0.444 e. The Labute approximate surface area is 148 Å². The number of hydrogen-bond donors (Lipinski definition) is 2. The van der Waals surface area contributed by atoms with Crippen molar-refractivity contribution in [3.05, 3.63) is 53.2 Å². The van der Waals surface area contributed by atoms with Crippen molar-refractivity contribution in [2.24, 2.45) is 4.99 Å². The summed E-state index contributed by atoms with van der Waals surface area (Å²) in [5.41, 5.74) is 2.11. The number of benzene rings is 1. The molecule has 0 aliphatic rings. The van der Waals surface area contributed by atoms with Crippen LogP contribution in [0.1, 0.15) is 29.8 Å². The van der Waals surface area contributed by atoms with E-state index in [-0.39, 0.29) is 24.0 Å². The molecule has 0 saturated carbocycles. The number of nitrogens with zero attached hydrogens (tertiary/aromatic N) is 2. The standard InChI is InChI=1S/C16H22N4O.HI/c1-4-17-16(18-10-14-8-6-5-7-9-14)19-11-15-20-12(2)13(3)21-15;/h5-9H,4,10-11H2,1-3H3,(H2,17,18,19);1H.